The molecule has 0 heterocycles. The van der Waals surface area contributed by atoms with Crippen LogP contribution in [0.25, 0.3) is 0 Å². The fraction of sp³-hybridized carbons (Fsp3) is 0.235. The lowest BCUT2D eigenvalue weighted by molar-refractivity contribution is -0.384. The number of hydrogen-bond acceptors (Lipinski definition) is 5. The standard InChI is InChI=1S/C17H19N3O5S/c1-12(15-5-3-4-6-16(15)19-26(2,24)25)18-17(21)11-13-7-9-14(10-8-13)20(22)23/h3-10,12,19H,11H2,1-2H3,(H,18,21). The summed E-state index contributed by atoms with van der Waals surface area (Å²) in [4.78, 5) is 22.4. The van der Waals surface area contributed by atoms with Crippen LogP contribution in [0.2, 0.25) is 0 Å². The van der Waals surface area contributed by atoms with E-state index in [2.05, 4.69) is 10.0 Å². The van der Waals surface area contributed by atoms with Crippen LogP contribution in [0.5, 0.6) is 0 Å². The van der Waals surface area contributed by atoms with Gasteiger partial charge in [0.05, 0.1) is 29.3 Å². The van der Waals surface area contributed by atoms with E-state index < -0.39 is 21.0 Å². The van der Waals surface area contributed by atoms with Crippen molar-refractivity contribution in [2.45, 2.75) is 19.4 Å². The van der Waals surface area contributed by atoms with Crippen molar-refractivity contribution in [2.24, 2.45) is 0 Å². The minimum atomic E-state index is -3.44. The number of hydrogen-bond donors (Lipinski definition) is 2. The largest absolute Gasteiger partial charge is 0.349 e. The van der Waals surface area contributed by atoms with E-state index in [0.29, 0.717) is 16.8 Å². The number of nitro benzene ring substituents is 1. The third kappa shape index (κ3) is 5.55. The normalized spacial score (nSPS) is 12.2. The Bertz CT molecular complexity index is 910. The molecule has 2 aromatic carbocycles. The molecule has 0 aliphatic rings. The SMILES string of the molecule is CC(NC(=O)Cc1ccc([N+](=O)[O-])cc1)c1ccccc1NS(C)(=O)=O. The molecule has 2 N–H and O–H groups in total. The molecule has 26 heavy (non-hydrogen) atoms. The Kier molecular flexibility index (Phi) is 5.93. The maximum atomic E-state index is 12.2. The highest BCUT2D eigenvalue weighted by molar-refractivity contribution is 7.92. The quantitative estimate of drug-likeness (QED) is 0.567. The van der Waals surface area contributed by atoms with Crippen molar-refractivity contribution in [3.63, 3.8) is 0 Å². The van der Waals surface area contributed by atoms with Gasteiger partial charge < -0.3 is 5.32 Å². The van der Waals surface area contributed by atoms with Gasteiger partial charge in [0.1, 0.15) is 0 Å². The fourth-order valence-electron chi connectivity index (χ4n) is 2.46. The van der Waals surface area contributed by atoms with Gasteiger partial charge in [-0.2, -0.15) is 0 Å². The van der Waals surface area contributed by atoms with Crippen LogP contribution in [-0.2, 0) is 21.2 Å². The zero-order valence-corrected chi connectivity index (χ0v) is 15.1. The Morgan fingerprint density at radius 1 is 1.15 bits per heavy atom. The molecule has 138 valence electrons. The minimum Gasteiger partial charge on any atom is -0.349 e. The summed E-state index contributed by atoms with van der Waals surface area (Å²) >= 11 is 0. The Morgan fingerprint density at radius 3 is 2.35 bits per heavy atom. The Hall–Kier alpha value is -2.94. The average Bonchev–Trinajstić information content (AvgIpc) is 2.54. The molecule has 0 aliphatic heterocycles. The number of rotatable bonds is 7. The van der Waals surface area contributed by atoms with Crippen LogP contribution < -0.4 is 10.0 Å². The van der Waals surface area contributed by atoms with E-state index in [9.17, 15) is 23.3 Å². The second-order valence-corrected chi connectivity index (χ2v) is 7.60. The molecular formula is C17H19N3O5S. The second-order valence-electron chi connectivity index (χ2n) is 5.85. The molecule has 1 amide bonds. The van der Waals surface area contributed by atoms with Crippen molar-refractivity contribution in [3.8, 4) is 0 Å². The zero-order chi connectivity index (χ0) is 19.3. The van der Waals surface area contributed by atoms with Gasteiger partial charge in [0.25, 0.3) is 5.69 Å². The first-order chi connectivity index (χ1) is 12.2. The molecule has 2 aromatic rings. The third-order valence-corrected chi connectivity index (χ3v) is 4.20. The van der Waals surface area contributed by atoms with E-state index in [1.54, 1.807) is 31.2 Å². The molecule has 0 radical (unpaired) electrons. The molecule has 0 bridgehead atoms. The molecule has 0 spiro atoms. The lowest BCUT2D eigenvalue weighted by Gasteiger charge is -2.18. The van der Waals surface area contributed by atoms with E-state index in [4.69, 9.17) is 0 Å². The third-order valence-electron chi connectivity index (χ3n) is 3.61. The number of nitrogens with zero attached hydrogens (tertiary/aromatic N) is 1. The van der Waals surface area contributed by atoms with Crippen LogP contribution in [-0.4, -0.2) is 25.5 Å². The molecular weight excluding hydrogens is 358 g/mol. The van der Waals surface area contributed by atoms with Crippen molar-refractivity contribution in [2.75, 3.05) is 11.0 Å². The maximum absolute atomic E-state index is 12.2. The average molecular weight is 377 g/mol. The van der Waals surface area contributed by atoms with Crippen LogP contribution in [0.4, 0.5) is 11.4 Å². The van der Waals surface area contributed by atoms with Crippen molar-refractivity contribution in [3.05, 3.63) is 69.8 Å². The number of anilines is 1. The van der Waals surface area contributed by atoms with Gasteiger partial charge in [-0.3, -0.25) is 19.6 Å². The van der Waals surface area contributed by atoms with Crippen molar-refractivity contribution < 1.29 is 18.1 Å². The number of carbonyl (C=O) groups is 1. The van der Waals surface area contributed by atoms with Gasteiger partial charge in [0.15, 0.2) is 0 Å². The monoisotopic (exact) mass is 377 g/mol. The first-order valence-corrected chi connectivity index (χ1v) is 9.64. The van der Waals surface area contributed by atoms with Crippen LogP contribution in [0.1, 0.15) is 24.1 Å². The summed E-state index contributed by atoms with van der Waals surface area (Å²) in [6, 6.07) is 12.1. The van der Waals surface area contributed by atoms with Gasteiger partial charge in [-0.1, -0.05) is 30.3 Å². The maximum Gasteiger partial charge on any atom is 0.269 e. The molecule has 1 atom stereocenters. The van der Waals surface area contributed by atoms with E-state index in [-0.39, 0.29) is 18.0 Å². The topological polar surface area (TPSA) is 118 Å². The highest BCUT2D eigenvalue weighted by Crippen LogP contribution is 2.23. The first kappa shape index (κ1) is 19.4. The summed E-state index contributed by atoms with van der Waals surface area (Å²) < 4.78 is 25.4. The van der Waals surface area contributed by atoms with Gasteiger partial charge in [-0.05, 0) is 24.1 Å². The van der Waals surface area contributed by atoms with Gasteiger partial charge in [-0.25, -0.2) is 8.42 Å². The number of para-hydroxylation sites is 1. The lowest BCUT2D eigenvalue weighted by atomic mass is 10.1. The van der Waals surface area contributed by atoms with Crippen LogP contribution in [0.3, 0.4) is 0 Å². The predicted octanol–water partition coefficient (Wildman–Crippen LogP) is 2.39. The summed E-state index contributed by atoms with van der Waals surface area (Å²) in [6.45, 7) is 1.75. The van der Waals surface area contributed by atoms with E-state index in [1.165, 1.54) is 24.3 Å². The Balaban J connectivity index is 2.06. The highest BCUT2D eigenvalue weighted by Gasteiger charge is 2.15. The van der Waals surface area contributed by atoms with Crippen LogP contribution in [0.15, 0.2) is 48.5 Å². The number of sulfonamides is 1. The molecule has 0 saturated carbocycles. The van der Waals surface area contributed by atoms with Gasteiger partial charge in [-0.15, -0.1) is 0 Å². The molecule has 8 nitrogen and oxygen atoms in total. The summed E-state index contributed by atoms with van der Waals surface area (Å²) in [7, 11) is -3.44. The molecule has 2 rings (SSSR count). The molecule has 0 fully saturated rings. The number of nitro groups is 1. The van der Waals surface area contributed by atoms with Crippen molar-refractivity contribution in [1.82, 2.24) is 5.32 Å². The number of carbonyl (C=O) groups excluding carboxylic acids is 1. The number of benzene rings is 2. The smallest absolute Gasteiger partial charge is 0.269 e. The minimum absolute atomic E-state index is 0.0386. The van der Waals surface area contributed by atoms with Gasteiger partial charge in [0, 0.05) is 12.1 Å². The van der Waals surface area contributed by atoms with Crippen LogP contribution in [0, 0.1) is 10.1 Å². The predicted molar refractivity (Wildman–Crippen MR) is 98.3 cm³/mol. The number of amides is 1. The van der Waals surface area contributed by atoms with Crippen LogP contribution >= 0.6 is 0 Å². The molecule has 9 heteroatoms. The van der Waals surface area contributed by atoms with Gasteiger partial charge in [0.2, 0.25) is 15.9 Å². The summed E-state index contributed by atoms with van der Waals surface area (Å²) in [5.74, 6) is -0.277. The molecule has 0 aromatic heterocycles. The number of non-ortho nitro benzene ring substituents is 1. The molecule has 1 unspecified atom stereocenters. The Labute approximate surface area is 151 Å². The molecule has 0 saturated heterocycles. The van der Waals surface area contributed by atoms with E-state index in [1.807, 2.05) is 0 Å². The Morgan fingerprint density at radius 2 is 1.77 bits per heavy atom. The van der Waals surface area contributed by atoms with Gasteiger partial charge >= 0.3 is 0 Å². The van der Waals surface area contributed by atoms with E-state index >= 15 is 0 Å². The zero-order valence-electron chi connectivity index (χ0n) is 14.3. The summed E-state index contributed by atoms with van der Waals surface area (Å²) in [5, 5.41) is 13.4. The fourth-order valence-corrected chi connectivity index (χ4v) is 3.04. The highest BCUT2D eigenvalue weighted by atomic mass is 32.2. The number of nitrogens with one attached hydrogen (secondary N) is 2. The first-order valence-electron chi connectivity index (χ1n) is 7.75. The summed E-state index contributed by atoms with van der Waals surface area (Å²) in [5.41, 5.74) is 1.64. The van der Waals surface area contributed by atoms with E-state index in [0.717, 1.165) is 6.26 Å². The molecule has 0 aliphatic carbocycles. The lowest BCUT2D eigenvalue weighted by Crippen LogP contribution is -2.28. The summed E-state index contributed by atoms with van der Waals surface area (Å²) in [6.07, 6.45) is 1.12. The van der Waals surface area contributed by atoms with Crippen molar-refractivity contribution >= 4 is 27.3 Å². The second kappa shape index (κ2) is 7.96. The van der Waals surface area contributed by atoms with Crippen molar-refractivity contribution in [1.29, 1.82) is 0 Å².